The normalized spacial score (nSPS) is 14.9. The summed E-state index contributed by atoms with van der Waals surface area (Å²) in [4.78, 5) is 6.79. The molecule has 0 aromatic heterocycles. The van der Waals surface area contributed by atoms with Crippen molar-refractivity contribution in [3.8, 4) is 0 Å². The fraction of sp³-hybridized carbons (Fsp3) is 0.786. The second kappa shape index (κ2) is 10.6. The number of nitrogens with zero attached hydrogens (tertiary/aromatic N) is 2. The molecule has 3 nitrogen and oxygen atoms in total. The van der Waals surface area contributed by atoms with Crippen molar-refractivity contribution < 1.29 is 0 Å². The number of guanidine groups is 1. The van der Waals surface area contributed by atoms with Crippen molar-refractivity contribution in [1.82, 2.24) is 10.2 Å². The van der Waals surface area contributed by atoms with Gasteiger partial charge in [0.1, 0.15) is 0 Å². The standard InChI is InChI=1S/C14H27N3.HI/c1-4-6-7-8-9-12-17(3)14(15-5-2)16-13-10-11-13;/h4,13H,1,5-12H2,2-3H3,(H,15,16);1H. The van der Waals surface area contributed by atoms with Crippen LogP contribution in [0.1, 0.15) is 45.4 Å². The van der Waals surface area contributed by atoms with E-state index in [1.165, 1.54) is 32.1 Å². The molecule has 106 valence electrons. The van der Waals surface area contributed by atoms with Crippen molar-refractivity contribution in [2.24, 2.45) is 4.99 Å². The Bertz CT molecular complexity index is 249. The molecule has 0 heterocycles. The van der Waals surface area contributed by atoms with E-state index in [1.54, 1.807) is 0 Å². The van der Waals surface area contributed by atoms with E-state index in [0.29, 0.717) is 6.04 Å². The molecule has 1 saturated carbocycles. The molecule has 0 aliphatic heterocycles. The minimum atomic E-state index is 0. The Hall–Kier alpha value is -0.260. The summed E-state index contributed by atoms with van der Waals surface area (Å²) in [5.41, 5.74) is 0. The van der Waals surface area contributed by atoms with Crippen LogP contribution >= 0.6 is 24.0 Å². The van der Waals surface area contributed by atoms with Gasteiger partial charge in [-0.05, 0) is 39.0 Å². The third-order valence-electron chi connectivity index (χ3n) is 2.98. The van der Waals surface area contributed by atoms with Crippen molar-refractivity contribution in [2.45, 2.75) is 51.5 Å². The summed E-state index contributed by atoms with van der Waals surface area (Å²) in [6.07, 6.45) is 9.51. The average Bonchev–Trinajstić information content (AvgIpc) is 3.12. The summed E-state index contributed by atoms with van der Waals surface area (Å²) in [5, 5.41) is 3.50. The first-order valence-corrected chi connectivity index (χ1v) is 6.91. The van der Waals surface area contributed by atoms with Gasteiger partial charge in [-0.3, -0.25) is 4.99 Å². The smallest absolute Gasteiger partial charge is 0.193 e. The van der Waals surface area contributed by atoms with Gasteiger partial charge in [0, 0.05) is 26.2 Å². The summed E-state index contributed by atoms with van der Waals surface area (Å²) >= 11 is 0. The van der Waals surface area contributed by atoms with Crippen LogP contribution < -0.4 is 5.32 Å². The van der Waals surface area contributed by atoms with Crippen molar-refractivity contribution in [2.75, 3.05) is 20.1 Å². The molecular weight excluding hydrogens is 337 g/mol. The van der Waals surface area contributed by atoms with Gasteiger partial charge in [0.2, 0.25) is 0 Å². The lowest BCUT2D eigenvalue weighted by atomic mass is 10.2. The molecule has 0 aromatic rings. The quantitative estimate of drug-likeness (QED) is 0.235. The molecule has 18 heavy (non-hydrogen) atoms. The van der Waals surface area contributed by atoms with E-state index in [2.05, 4.69) is 35.8 Å². The van der Waals surface area contributed by atoms with Crippen LogP contribution in [0.4, 0.5) is 0 Å². The zero-order chi connectivity index (χ0) is 12.5. The number of hydrogen-bond acceptors (Lipinski definition) is 1. The van der Waals surface area contributed by atoms with Crippen LogP contribution in [0, 0.1) is 0 Å². The molecule has 0 amide bonds. The fourth-order valence-corrected chi connectivity index (χ4v) is 1.76. The molecule has 0 aromatic carbocycles. The number of hydrogen-bond donors (Lipinski definition) is 1. The predicted molar refractivity (Wildman–Crippen MR) is 90.8 cm³/mol. The average molecular weight is 365 g/mol. The molecule has 4 heteroatoms. The highest BCUT2D eigenvalue weighted by atomic mass is 127. The van der Waals surface area contributed by atoms with Gasteiger partial charge >= 0.3 is 0 Å². The molecule has 0 radical (unpaired) electrons. The third kappa shape index (κ3) is 7.95. The van der Waals surface area contributed by atoms with Crippen LogP contribution in [0.5, 0.6) is 0 Å². The molecule has 1 aliphatic rings. The van der Waals surface area contributed by atoms with Crippen LogP contribution in [-0.2, 0) is 0 Å². The molecule has 0 bridgehead atoms. The van der Waals surface area contributed by atoms with Gasteiger partial charge in [-0.15, -0.1) is 30.6 Å². The second-order valence-corrected chi connectivity index (χ2v) is 4.78. The van der Waals surface area contributed by atoms with Crippen LogP contribution in [0.2, 0.25) is 0 Å². The van der Waals surface area contributed by atoms with Gasteiger partial charge < -0.3 is 10.2 Å². The molecule has 1 aliphatic carbocycles. The number of allylic oxidation sites excluding steroid dienone is 1. The molecular formula is C14H28IN3. The van der Waals surface area contributed by atoms with E-state index in [-0.39, 0.29) is 24.0 Å². The van der Waals surface area contributed by atoms with Gasteiger partial charge in [0.25, 0.3) is 0 Å². The van der Waals surface area contributed by atoms with E-state index in [0.717, 1.165) is 25.5 Å². The van der Waals surface area contributed by atoms with E-state index >= 15 is 0 Å². The van der Waals surface area contributed by atoms with Gasteiger partial charge in [-0.25, -0.2) is 0 Å². The highest BCUT2D eigenvalue weighted by molar-refractivity contribution is 14.0. The van der Waals surface area contributed by atoms with Crippen LogP contribution in [-0.4, -0.2) is 37.0 Å². The maximum Gasteiger partial charge on any atom is 0.193 e. The lowest BCUT2D eigenvalue weighted by Crippen LogP contribution is -2.40. The summed E-state index contributed by atoms with van der Waals surface area (Å²) in [6.45, 7) is 7.79. The predicted octanol–water partition coefficient (Wildman–Crippen LogP) is 3.41. The number of aliphatic imine (C=N–C) groups is 1. The van der Waals surface area contributed by atoms with Gasteiger partial charge in [0.15, 0.2) is 5.96 Å². The summed E-state index contributed by atoms with van der Waals surface area (Å²) in [7, 11) is 2.14. The number of halogens is 1. The Labute approximate surface area is 129 Å². The third-order valence-corrected chi connectivity index (χ3v) is 2.98. The van der Waals surface area contributed by atoms with Gasteiger partial charge in [-0.1, -0.05) is 12.5 Å². The van der Waals surface area contributed by atoms with E-state index in [9.17, 15) is 0 Å². The molecule has 1 fully saturated rings. The molecule has 1 rings (SSSR count). The summed E-state index contributed by atoms with van der Waals surface area (Å²) < 4.78 is 0. The lowest BCUT2D eigenvalue weighted by Gasteiger charge is -2.22. The van der Waals surface area contributed by atoms with Crippen molar-refractivity contribution in [3.63, 3.8) is 0 Å². The molecule has 0 atom stereocenters. The number of rotatable bonds is 8. The zero-order valence-corrected chi connectivity index (χ0v) is 14.2. The van der Waals surface area contributed by atoms with Gasteiger partial charge in [0.05, 0.1) is 0 Å². The monoisotopic (exact) mass is 365 g/mol. The van der Waals surface area contributed by atoms with Crippen LogP contribution in [0.15, 0.2) is 17.6 Å². The highest BCUT2D eigenvalue weighted by Crippen LogP contribution is 2.18. The largest absolute Gasteiger partial charge is 0.354 e. The Morgan fingerprint density at radius 1 is 1.39 bits per heavy atom. The minimum Gasteiger partial charge on any atom is -0.354 e. The molecule has 0 saturated heterocycles. The van der Waals surface area contributed by atoms with Crippen molar-refractivity contribution in [3.05, 3.63) is 12.7 Å². The Morgan fingerprint density at radius 2 is 2.11 bits per heavy atom. The van der Waals surface area contributed by atoms with Crippen LogP contribution in [0.25, 0.3) is 0 Å². The lowest BCUT2D eigenvalue weighted by molar-refractivity contribution is 0.454. The number of unbranched alkanes of at least 4 members (excludes halogenated alkanes) is 3. The first-order chi connectivity index (χ1) is 8.27. The van der Waals surface area contributed by atoms with Gasteiger partial charge in [-0.2, -0.15) is 0 Å². The first kappa shape index (κ1) is 17.7. The maximum atomic E-state index is 4.53. The Morgan fingerprint density at radius 3 is 2.67 bits per heavy atom. The van der Waals surface area contributed by atoms with E-state index in [1.807, 2.05) is 6.08 Å². The summed E-state index contributed by atoms with van der Waals surface area (Å²) in [6, 6.07) is 0.684. The highest BCUT2D eigenvalue weighted by Gasteiger charge is 2.23. The van der Waals surface area contributed by atoms with Crippen LogP contribution in [0.3, 0.4) is 0 Å². The Balaban J connectivity index is 0.00000289. The fourth-order valence-electron chi connectivity index (χ4n) is 1.76. The Kier molecular flexibility index (Phi) is 10.5. The van der Waals surface area contributed by atoms with Crippen molar-refractivity contribution in [1.29, 1.82) is 0 Å². The summed E-state index contributed by atoms with van der Waals surface area (Å²) in [5.74, 6) is 1.08. The van der Waals surface area contributed by atoms with E-state index < -0.39 is 0 Å². The molecule has 0 unspecified atom stereocenters. The molecule has 1 N–H and O–H groups in total. The second-order valence-electron chi connectivity index (χ2n) is 4.78. The zero-order valence-electron chi connectivity index (χ0n) is 11.8. The van der Waals surface area contributed by atoms with E-state index in [4.69, 9.17) is 0 Å². The SMILES string of the molecule is C=CCCCCCN(C)C(=NCC)NC1CC1.I. The maximum absolute atomic E-state index is 4.53. The minimum absolute atomic E-state index is 0. The number of nitrogens with one attached hydrogen (secondary N) is 1. The van der Waals surface area contributed by atoms with Crippen molar-refractivity contribution >= 4 is 29.9 Å². The first-order valence-electron chi connectivity index (χ1n) is 6.91. The molecule has 0 spiro atoms. The topological polar surface area (TPSA) is 27.6 Å².